The van der Waals surface area contributed by atoms with E-state index in [1.54, 1.807) is 0 Å². The molecule has 0 bridgehead atoms. The lowest BCUT2D eigenvalue weighted by molar-refractivity contribution is -0.142. The number of nitrogens with one attached hydrogen (secondary N) is 1. The summed E-state index contributed by atoms with van der Waals surface area (Å²) in [4.78, 5) is 29.1. The maximum absolute atomic E-state index is 11.2. The predicted molar refractivity (Wildman–Crippen MR) is 60.3 cm³/mol. The molecule has 0 aromatic carbocycles. The van der Waals surface area contributed by atoms with Crippen LogP contribution in [0.25, 0.3) is 0 Å². The minimum Gasteiger partial charge on any atom is -0.480 e. The van der Waals surface area contributed by atoms with Crippen LogP contribution in [0, 0.1) is 0 Å². The van der Waals surface area contributed by atoms with E-state index in [9.17, 15) is 9.59 Å². The topological polar surface area (TPSA) is 111 Å². The van der Waals surface area contributed by atoms with Crippen LogP contribution in [0.1, 0.15) is 10.5 Å². The van der Waals surface area contributed by atoms with Crippen molar-refractivity contribution in [1.82, 2.24) is 9.97 Å². The lowest BCUT2D eigenvalue weighted by Crippen LogP contribution is -2.15. The van der Waals surface area contributed by atoms with Crippen LogP contribution in [0.4, 0.5) is 5.82 Å². The second kappa shape index (κ2) is 7.17. The predicted octanol–water partition coefficient (Wildman–Crippen LogP) is -0.224. The summed E-state index contributed by atoms with van der Waals surface area (Å²) in [5.74, 6) is -1.22. The van der Waals surface area contributed by atoms with Crippen LogP contribution in [0.2, 0.25) is 0 Å². The number of rotatable bonds is 7. The Bertz CT molecular complexity index is 424. The van der Waals surface area contributed by atoms with Gasteiger partial charge in [0.25, 0.3) is 0 Å². The van der Waals surface area contributed by atoms with E-state index in [1.165, 1.54) is 19.5 Å². The van der Waals surface area contributed by atoms with Crippen LogP contribution < -0.4 is 5.32 Å². The molecule has 0 saturated carbocycles. The van der Waals surface area contributed by atoms with Gasteiger partial charge in [-0.05, 0) is 0 Å². The quantitative estimate of drug-likeness (QED) is 0.508. The van der Waals surface area contributed by atoms with E-state index >= 15 is 0 Å². The lowest BCUT2D eigenvalue weighted by Gasteiger charge is -2.06. The fraction of sp³-hybridized carbons (Fsp3) is 0.400. The zero-order chi connectivity index (χ0) is 13.4. The Morgan fingerprint density at radius 2 is 2.22 bits per heavy atom. The Hall–Kier alpha value is -2.22. The van der Waals surface area contributed by atoms with Crippen molar-refractivity contribution in [2.24, 2.45) is 0 Å². The molecular formula is C10H13N3O5. The lowest BCUT2D eigenvalue weighted by atomic mass is 10.4. The molecule has 0 aliphatic heterocycles. The second-order valence-corrected chi connectivity index (χ2v) is 3.15. The van der Waals surface area contributed by atoms with Gasteiger partial charge in [-0.2, -0.15) is 0 Å². The van der Waals surface area contributed by atoms with Crippen molar-refractivity contribution in [2.45, 2.75) is 0 Å². The van der Waals surface area contributed by atoms with Crippen molar-refractivity contribution in [3.63, 3.8) is 0 Å². The number of aromatic nitrogens is 2. The molecule has 98 valence electrons. The van der Waals surface area contributed by atoms with Gasteiger partial charge in [-0.25, -0.2) is 14.6 Å². The number of carbonyl (C=O) groups excluding carboxylic acids is 1. The summed E-state index contributed by atoms with van der Waals surface area (Å²) in [6, 6.07) is 0. The third-order valence-electron chi connectivity index (χ3n) is 1.81. The van der Waals surface area contributed by atoms with Gasteiger partial charge >= 0.3 is 11.9 Å². The summed E-state index contributed by atoms with van der Waals surface area (Å²) in [6.45, 7) is 0.207. The fourth-order valence-corrected chi connectivity index (χ4v) is 1.06. The normalized spacial score (nSPS) is 9.83. The molecule has 0 atom stereocenters. The zero-order valence-corrected chi connectivity index (χ0v) is 9.75. The highest BCUT2D eigenvalue weighted by atomic mass is 16.5. The van der Waals surface area contributed by atoms with Gasteiger partial charge in [-0.1, -0.05) is 0 Å². The van der Waals surface area contributed by atoms with Gasteiger partial charge in [0.2, 0.25) is 0 Å². The number of ether oxygens (including phenoxy) is 2. The average Bonchev–Trinajstić information content (AvgIpc) is 2.37. The summed E-state index contributed by atoms with van der Waals surface area (Å²) in [6.07, 6.45) is 2.72. The van der Waals surface area contributed by atoms with E-state index in [-0.39, 0.29) is 18.9 Å². The number of carboxylic acid groups (broad SMARTS) is 1. The first kappa shape index (κ1) is 13.8. The van der Waals surface area contributed by atoms with Crippen LogP contribution in [0.3, 0.4) is 0 Å². The maximum Gasteiger partial charge on any atom is 0.358 e. The van der Waals surface area contributed by atoms with Crippen LogP contribution in [-0.2, 0) is 14.3 Å². The van der Waals surface area contributed by atoms with Gasteiger partial charge in [0.15, 0.2) is 5.69 Å². The molecule has 0 radical (unpaired) electrons. The van der Waals surface area contributed by atoms with Crippen molar-refractivity contribution in [2.75, 3.05) is 32.2 Å². The van der Waals surface area contributed by atoms with Crippen LogP contribution in [0.5, 0.6) is 0 Å². The number of hydrogen-bond donors (Lipinski definition) is 2. The molecule has 0 saturated heterocycles. The van der Waals surface area contributed by atoms with Gasteiger partial charge in [0.05, 0.1) is 26.1 Å². The number of hydrogen-bond acceptors (Lipinski definition) is 7. The van der Waals surface area contributed by atoms with Crippen LogP contribution >= 0.6 is 0 Å². The highest BCUT2D eigenvalue weighted by Gasteiger charge is 2.08. The minimum atomic E-state index is -1.03. The molecule has 0 aliphatic rings. The van der Waals surface area contributed by atoms with E-state index in [4.69, 9.17) is 9.84 Å². The molecule has 0 unspecified atom stereocenters. The number of methoxy groups -OCH3 is 1. The molecule has 2 N–H and O–H groups in total. The van der Waals surface area contributed by atoms with Gasteiger partial charge in [0.1, 0.15) is 12.4 Å². The minimum absolute atomic E-state index is 0.0916. The largest absolute Gasteiger partial charge is 0.480 e. The molecule has 8 nitrogen and oxygen atoms in total. The summed E-state index contributed by atoms with van der Waals surface area (Å²) in [5.41, 5.74) is 0.0916. The SMILES string of the molecule is COC(=O)c1cncc(NCCOCC(=O)O)n1. The maximum atomic E-state index is 11.2. The standard InChI is InChI=1S/C10H13N3O5/c1-17-10(16)7-4-11-5-8(13-7)12-2-3-18-6-9(14)15/h4-5H,2-3,6H2,1H3,(H,12,13)(H,14,15). The third-order valence-corrected chi connectivity index (χ3v) is 1.81. The summed E-state index contributed by atoms with van der Waals surface area (Å²) >= 11 is 0. The van der Waals surface area contributed by atoms with Gasteiger partial charge in [0, 0.05) is 6.54 Å². The highest BCUT2D eigenvalue weighted by Crippen LogP contribution is 2.02. The number of carbonyl (C=O) groups is 2. The Morgan fingerprint density at radius 3 is 2.89 bits per heavy atom. The molecular weight excluding hydrogens is 242 g/mol. The number of carboxylic acids is 1. The molecule has 0 aliphatic carbocycles. The number of esters is 1. The molecule has 0 amide bonds. The highest BCUT2D eigenvalue weighted by molar-refractivity contribution is 5.87. The van der Waals surface area contributed by atoms with E-state index in [0.717, 1.165) is 0 Å². The zero-order valence-electron chi connectivity index (χ0n) is 9.75. The summed E-state index contributed by atoms with van der Waals surface area (Å²) in [5, 5.41) is 11.2. The Morgan fingerprint density at radius 1 is 1.44 bits per heavy atom. The monoisotopic (exact) mass is 255 g/mol. The first-order valence-electron chi connectivity index (χ1n) is 5.07. The number of aliphatic carboxylic acids is 1. The third kappa shape index (κ3) is 4.74. The Balaban J connectivity index is 2.38. The number of anilines is 1. The van der Waals surface area contributed by atoms with E-state index < -0.39 is 11.9 Å². The molecule has 1 heterocycles. The van der Waals surface area contributed by atoms with Crippen LogP contribution in [0.15, 0.2) is 12.4 Å². The molecule has 18 heavy (non-hydrogen) atoms. The fourth-order valence-electron chi connectivity index (χ4n) is 1.06. The van der Waals surface area contributed by atoms with E-state index in [0.29, 0.717) is 12.4 Å². The van der Waals surface area contributed by atoms with E-state index in [2.05, 4.69) is 20.0 Å². The molecule has 1 aromatic heterocycles. The van der Waals surface area contributed by atoms with E-state index in [1.807, 2.05) is 0 Å². The van der Waals surface area contributed by atoms with Crippen molar-refractivity contribution in [3.8, 4) is 0 Å². The molecule has 1 rings (SSSR count). The number of nitrogens with zero attached hydrogens (tertiary/aromatic N) is 2. The molecule has 1 aromatic rings. The van der Waals surface area contributed by atoms with Crippen LogP contribution in [-0.4, -0.2) is 53.9 Å². The Labute approximate surface area is 103 Å². The molecule has 0 fully saturated rings. The first-order valence-corrected chi connectivity index (χ1v) is 5.07. The van der Waals surface area contributed by atoms with Crippen molar-refractivity contribution >= 4 is 17.8 Å². The first-order chi connectivity index (χ1) is 8.63. The van der Waals surface area contributed by atoms with Gasteiger partial charge in [-0.15, -0.1) is 0 Å². The smallest absolute Gasteiger partial charge is 0.358 e. The van der Waals surface area contributed by atoms with Gasteiger partial charge in [-0.3, -0.25) is 4.98 Å². The van der Waals surface area contributed by atoms with Crippen molar-refractivity contribution in [3.05, 3.63) is 18.1 Å². The van der Waals surface area contributed by atoms with Crippen molar-refractivity contribution < 1.29 is 24.2 Å². The summed E-state index contributed by atoms with van der Waals surface area (Å²) < 4.78 is 9.32. The summed E-state index contributed by atoms with van der Waals surface area (Å²) in [7, 11) is 1.25. The Kier molecular flexibility index (Phi) is 5.52. The molecule has 8 heteroatoms. The van der Waals surface area contributed by atoms with Crippen molar-refractivity contribution in [1.29, 1.82) is 0 Å². The second-order valence-electron chi connectivity index (χ2n) is 3.15. The van der Waals surface area contributed by atoms with Gasteiger partial charge < -0.3 is 19.9 Å². The molecule has 0 spiro atoms. The average molecular weight is 255 g/mol.